The summed E-state index contributed by atoms with van der Waals surface area (Å²) in [5.74, 6) is 0. The molecule has 0 spiro atoms. The van der Waals surface area contributed by atoms with Gasteiger partial charge in [-0.1, -0.05) is 0 Å². The van der Waals surface area contributed by atoms with Gasteiger partial charge in [-0.2, -0.15) is 5.26 Å². The number of nitrogens with zero attached hydrogens (tertiary/aromatic N) is 1. The van der Waals surface area contributed by atoms with Crippen molar-refractivity contribution in [3.8, 4) is 6.07 Å². The van der Waals surface area contributed by atoms with Crippen LogP contribution in [0.1, 0.15) is 30.9 Å². The Morgan fingerprint density at radius 1 is 1.38 bits per heavy atom. The van der Waals surface area contributed by atoms with Crippen LogP contribution in [0.2, 0.25) is 0 Å². The highest BCUT2D eigenvalue weighted by Crippen LogP contribution is 2.16. The van der Waals surface area contributed by atoms with Gasteiger partial charge in [0.1, 0.15) is 0 Å². The molecule has 16 heavy (non-hydrogen) atoms. The van der Waals surface area contributed by atoms with Gasteiger partial charge in [-0.05, 0) is 72.5 Å². The van der Waals surface area contributed by atoms with Crippen LogP contribution in [0.5, 0.6) is 0 Å². The Labute approximate surface area is 111 Å². The monoisotopic (exact) mass is 329 g/mol. The van der Waals surface area contributed by atoms with Crippen molar-refractivity contribution >= 4 is 22.6 Å². The van der Waals surface area contributed by atoms with Crippen molar-refractivity contribution in [2.45, 2.75) is 26.2 Å². The van der Waals surface area contributed by atoms with E-state index in [0.717, 1.165) is 38.0 Å². The molecule has 1 aromatic carbocycles. The molecule has 0 aliphatic carbocycles. The molecule has 0 aliphatic rings. The van der Waals surface area contributed by atoms with Crippen LogP contribution in [-0.4, -0.2) is 13.2 Å². The first-order valence-corrected chi connectivity index (χ1v) is 6.62. The molecule has 0 amide bonds. The van der Waals surface area contributed by atoms with Crippen molar-refractivity contribution in [1.29, 1.82) is 5.26 Å². The molecular weight excluding hydrogens is 313 g/mol. The van der Waals surface area contributed by atoms with Gasteiger partial charge in [0.05, 0.1) is 11.6 Å². The maximum absolute atomic E-state index is 8.82. The molecule has 0 aliphatic heterocycles. The van der Waals surface area contributed by atoms with E-state index in [1.165, 1.54) is 9.13 Å². The Hall–Kier alpha value is -0.600. The minimum atomic E-state index is 0.750. The molecule has 0 aromatic heterocycles. The molecule has 3 heteroatoms. The largest absolute Gasteiger partial charge is 0.382 e. The van der Waals surface area contributed by atoms with Crippen LogP contribution in [0.4, 0.5) is 0 Å². The lowest BCUT2D eigenvalue weighted by atomic mass is 10.1. The number of ether oxygens (including phenoxy) is 1. The van der Waals surface area contributed by atoms with E-state index in [9.17, 15) is 0 Å². The molecule has 1 rings (SSSR count). The Bertz CT molecular complexity index is 371. The highest BCUT2D eigenvalue weighted by molar-refractivity contribution is 14.1. The van der Waals surface area contributed by atoms with Crippen molar-refractivity contribution in [1.82, 2.24) is 0 Å². The lowest BCUT2D eigenvalue weighted by Crippen LogP contribution is -1.96. The molecule has 0 saturated carbocycles. The standard InChI is InChI=1S/C13H16INO/c1-2-16-8-4-3-5-12-9-11(10-15)6-7-13(12)14/h6-7,9H,2-5,8H2,1H3. The van der Waals surface area contributed by atoms with Crippen molar-refractivity contribution in [3.63, 3.8) is 0 Å². The quantitative estimate of drug-likeness (QED) is 0.591. The molecule has 0 saturated heterocycles. The van der Waals surface area contributed by atoms with Crippen LogP contribution < -0.4 is 0 Å². The first kappa shape index (κ1) is 13.5. The van der Waals surface area contributed by atoms with Gasteiger partial charge in [0, 0.05) is 16.8 Å². The molecule has 0 atom stereocenters. The maximum Gasteiger partial charge on any atom is 0.0991 e. The van der Waals surface area contributed by atoms with E-state index < -0.39 is 0 Å². The summed E-state index contributed by atoms with van der Waals surface area (Å²) in [6, 6.07) is 8.04. The zero-order valence-corrected chi connectivity index (χ0v) is 11.7. The van der Waals surface area contributed by atoms with Crippen LogP contribution in [0, 0.1) is 14.9 Å². The second-order valence-electron chi connectivity index (χ2n) is 3.57. The van der Waals surface area contributed by atoms with Crippen LogP contribution in [-0.2, 0) is 11.2 Å². The predicted octanol–water partition coefficient (Wildman–Crippen LogP) is 3.52. The van der Waals surface area contributed by atoms with Crippen LogP contribution in [0.15, 0.2) is 18.2 Å². The predicted molar refractivity (Wildman–Crippen MR) is 73.3 cm³/mol. The number of unbranched alkanes of at least 4 members (excludes halogenated alkanes) is 1. The molecule has 0 N–H and O–H groups in total. The first-order valence-electron chi connectivity index (χ1n) is 5.54. The van der Waals surface area contributed by atoms with E-state index in [4.69, 9.17) is 10.00 Å². The average Bonchev–Trinajstić information content (AvgIpc) is 2.31. The second kappa shape index (κ2) is 7.64. The Morgan fingerprint density at radius 2 is 2.19 bits per heavy atom. The van der Waals surface area contributed by atoms with E-state index in [0.29, 0.717) is 0 Å². The van der Waals surface area contributed by atoms with Crippen molar-refractivity contribution in [2.24, 2.45) is 0 Å². The maximum atomic E-state index is 8.82. The number of benzene rings is 1. The zero-order chi connectivity index (χ0) is 11.8. The third-order valence-corrected chi connectivity index (χ3v) is 3.42. The third kappa shape index (κ3) is 4.50. The van der Waals surface area contributed by atoms with Gasteiger partial charge in [0.2, 0.25) is 0 Å². The van der Waals surface area contributed by atoms with Gasteiger partial charge in [-0.3, -0.25) is 0 Å². The molecule has 1 aromatic rings. The minimum absolute atomic E-state index is 0.750. The second-order valence-corrected chi connectivity index (χ2v) is 4.73. The Morgan fingerprint density at radius 3 is 2.88 bits per heavy atom. The van der Waals surface area contributed by atoms with Gasteiger partial charge < -0.3 is 4.74 Å². The molecule has 2 nitrogen and oxygen atoms in total. The fourth-order valence-corrected chi connectivity index (χ4v) is 2.10. The highest BCUT2D eigenvalue weighted by atomic mass is 127. The fraction of sp³-hybridized carbons (Fsp3) is 0.462. The van der Waals surface area contributed by atoms with E-state index in [1.54, 1.807) is 0 Å². The fourth-order valence-electron chi connectivity index (χ4n) is 1.50. The lowest BCUT2D eigenvalue weighted by molar-refractivity contribution is 0.143. The zero-order valence-electron chi connectivity index (χ0n) is 9.50. The van der Waals surface area contributed by atoms with Gasteiger partial charge >= 0.3 is 0 Å². The summed E-state index contributed by atoms with van der Waals surface area (Å²) in [7, 11) is 0. The Kier molecular flexibility index (Phi) is 6.43. The van der Waals surface area contributed by atoms with Crippen molar-refractivity contribution < 1.29 is 4.74 Å². The van der Waals surface area contributed by atoms with Gasteiger partial charge in [-0.15, -0.1) is 0 Å². The molecule has 0 unspecified atom stereocenters. The van der Waals surface area contributed by atoms with Gasteiger partial charge in [-0.25, -0.2) is 0 Å². The molecule has 0 radical (unpaired) electrons. The lowest BCUT2D eigenvalue weighted by Gasteiger charge is -2.05. The van der Waals surface area contributed by atoms with Crippen LogP contribution in [0.25, 0.3) is 0 Å². The topological polar surface area (TPSA) is 33.0 Å². The number of hydrogen-bond acceptors (Lipinski definition) is 2. The Balaban J connectivity index is 2.44. The number of nitriles is 1. The smallest absolute Gasteiger partial charge is 0.0991 e. The summed E-state index contributed by atoms with van der Waals surface area (Å²) < 4.78 is 6.54. The summed E-state index contributed by atoms with van der Waals surface area (Å²) in [4.78, 5) is 0. The summed E-state index contributed by atoms with van der Waals surface area (Å²) >= 11 is 2.32. The van der Waals surface area contributed by atoms with Crippen molar-refractivity contribution in [2.75, 3.05) is 13.2 Å². The van der Waals surface area contributed by atoms with Crippen LogP contribution in [0.3, 0.4) is 0 Å². The first-order chi connectivity index (χ1) is 7.77. The molecule has 0 fully saturated rings. The number of rotatable bonds is 6. The SMILES string of the molecule is CCOCCCCc1cc(C#N)ccc1I. The van der Waals surface area contributed by atoms with E-state index in [2.05, 4.69) is 28.7 Å². The summed E-state index contributed by atoms with van der Waals surface area (Å²) in [5, 5.41) is 8.82. The minimum Gasteiger partial charge on any atom is -0.382 e. The van der Waals surface area contributed by atoms with E-state index in [1.807, 2.05) is 25.1 Å². The van der Waals surface area contributed by atoms with Gasteiger partial charge in [0.25, 0.3) is 0 Å². The summed E-state index contributed by atoms with van der Waals surface area (Å²) in [6.45, 7) is 3.64. The van der Waals surface area contributed by atoms with E-state index in [-0.39, 0.29) is 0 Å². The normalized spacial score (nSPS) is 10.1. The van der Waals surface area contributed by atoms with Crippen LogP contribution >= 0.6 is 22.6 Å². The molecule has 0 heterocycles. The van der Waals surface area contributed by atoms with E-state index >= 15 is 0 Å². The molecule has 86 valence electrons. The third-order valence-electron chi connectivity index (χ3n) is 2.36. The number of halogens is 1. The average molecular weight is 329 g/mol. The van der Waals surface area contributed by atoms with Crippen molar-refractivity contribution in [3.05, 3.63) is 32.9 Å². The highest BCUT2D eigenvalue weighted by Gasteiger charge is 2.01. The van der Waals surface area contributed by atoms with Gasteiger partial charge in [0.15, 0.2) is 0 Å². The number of aryl methyl sites for hydroxylation is 1. The summed E-state index contributed by atoms with van der Waals surface area (Å²) in [5.41, 5.74) is 2.02. The molecular formula is C13H16INO. The summed E-state index contributed by atoms with van der Waals surface area (Å²) in [6.07, 6.45) is 3.23. The number of hydrogen-bond donors (Lipinski definition) is 0. The molecule has 0 bridgehead atoms.